The van der Waals surface area contributed by atoms with Crippen molar-refractivity contribution in [2.75, 3.05) is 0 Å². The molecule has 0 unspecified atom stereocenters. The number of rotatable bonds is 7. The van der Waals surface area contributed by atoms with Crippen LogP contribution in [0.5, 0.6) is 0 Å². The monoisotopic (exact) mass is 857 g/mol. The van der Waals surface area contributed by atoms with Crippen molar-refractivity contribution in [2.24, 2.45) is 0 Å². The summed E-state index contributed by atoms with van der Waals surface area (Å²) in [6.45, 7) is 0. The summed E-state index contributed by atoms with van der Waals surface area (Å²) in [6, 6.07) is 81.5. The molecule has 0 amide bonds. The van der Waals surface area contributed by atoms with Crippen molar-refractivity contribution in [3.8, 4) is 62.1 Å². The summed E-state index contributed by atoms with van der Waals surface area (Å²) >= 11 is 0. The minimum absolute atomic E-state index is 0.0830. The van der Waals surface area contributed by atoms with Crippen LogP contribution in [0.2, 0.25) is 0 Å². The lowest BCUT2D eigenvalue weighted by Gasteiger charge is -2.21. The maximum absolute atomic E-state index is 15.8. The van der Waals surface area contributed by atoms with Crippen molar-refractivity contribution in [2.45, 2.75) is 0 Å². The van der Waals surface area contributed by atoms with E-state index in [2.05, 4.69) is 155 Å². The van der Waals surface area contributed by atoms with Gasteiger partial charge in [0.25, 0.3) is 5.56 Å². The van der Waals surface area contributed by atoms with Gasteiger partial charge in [-0.05, 0) is 82.9 Å². The molecule has 0 saturated carbocycles. The van der Waals surface area contributed by atoms with Gasteiger partial charge in [-0.25, -0.2) is 9.97 Å². The smallest absolute Gasteiger partial charge is 0.265 e. The molecule has 0 radical (unpaired) electrons. The van der Waals surface area contributed by atoms with Gasteiger partial charge in [-0.2, -0.15) is 0 Å². The van der Waals surface area contributed by atoms with Crippen molar-refractivity contribution in [1.29, 1.82) is 0 Å². The Morgan fingerprint density at radius 1 is 0.343 bits per heavy atom. The lowest BCUT2D eigenvalue weighted by Crippen LogP contribution is -2.21. The maximum atomic E-state index is 15.8. The SMILES string of the molecule is O=c1c2c3cc(-c4ccc5c(c4)c4ccccc4n5-c4nc(-c5ccccc5)c5ccccc5n4)ccc3n(-c3ccccc3)c2c(-c2ccccc2)c(-c2ccccc2)n1-c1ccccc1. The van der Waals surface area contributed by atoms with E-state index in [1.54, 1.807) is 0 Å². The molecule has 0 atom stereocenters. The van der Waals surface area contributed by atoms with E-state index < -0.39 is 0 Å². The van der Waals surface area contributed by atoms with E-state index in [1.807, 2.05) is 95.6 Å². The highest BCUT2D eigenvalue weighted by Gasteiger charge is 2.27. The van der Waals surface area contributed by atoms with Crippen molar-refractivity contribution in [3.05, 3.63) is 247 Å². The van der Waals surface area contributed by atoms with Gasteiger partial charge in [-0.15, -0.1) is 0 Å². The van der Waals surface area contributed by atoms with Gasteiger partial charge in [-0.1, -0.05) is 176 Å². The molecular formula is C61H39N5O. The first-order chi connectivity index (χ1) is 33.2. The molecule has 4 aromatic heterocycles. The van der Waals surface area contributed by atoms with E-state index in [-0.39, 0.29) is 5.56 Å². The molecule has 0 bridgehead atoms. The van der Waals surface area contributed by atoms with E-state index in [0.717, 1.165) is 105 Å². The zero-order chi connectivity index (χ0) is 44.4. The van der Waals surface area contributed by atoms with Crippen LogP contribution in [-0.4, -0.2) is 23.7 Å². The van der Waals surface area contributed by atoms with Gasteiger partial charge in [0, 0.05) is 44.0 Å². The molecule has 0 aliphatic heterocycles. The zero-order valence-electron chi connectivity index (χ0n) is 36.2. The van der Waals surface area contributed by atoms with Gasteiger partial charge in [-0.3, -0.25) is 13.9 Å². The molecule has 0 fully saturated rings. The van der Waals surface area contributed by atoms with Gasteiger partial charge in [0.1, 0.15) is 0 Å². The summed E-state index contributed by atoms with van der Waals surface area (Å²) < 4.78 is 6.38. The van der Waals surface area contributed by atoms with Crippen LogP contribution in [-0.2, 0) is 0 Å². The summed E-state index contributed by atoms with van der Waals surface area (Å²) in [4.78, 5) is 26.3. The molecule has 0 aliphatic carbocycles. The fraction of sp³-hybridized carbons (Fsp3) is 0. The van der Waals surface area contributed by atoms with Gasteiger partial charge in [0.05, 0.1) is 44.4 Å². The molecule has 13 aromatic rings. The number of para-hydroxylation sites is 4. The van der Waals surface area contributed by atoms with Crippen LogP contribution in [0.15, 0.2) is 241 Å². The average molecular weight is 858 g/mol. The van der Waals surface area contributed by atoms with E-state index in [4.69, 9.17) is 9.97 Å². The molecule has 0 spiro atoms. The topological polar surface area (TPSA) is 57.6 Å². The third-order valence-corrected chi connectivity index (χ3v) is 13.1. The highest BCUT2D eigenvalue weighted by atomic mass is 16.1. The predicted molar refractivity (Wildman–Crippen MR) is 276 cm³/mol. The third kappa shape index (κ3) is 6.15. The standard InChI is InChI=1S/C61H39N5O/c67-60-56-50-39-44(43-34-36-53-49(38-43)47-30-17-19-33-52(47)66(53)61-62-51-32-18-16-31-48(51)57(63-61)41-22-8-2-9-23-41)35-37-54(50)64(45-26-12-4-13-27-45)59(56)55(40-20-6-1-7-21-40)58(42-24-10-3-11-25-42)65(60)46-28-14-5-15-29-46/h1-39H. The highest BCUT2D eigenvalue weighted by Crippen LogP contribution is 2.44. The van der Waals surface area contributed by atoms with Gasteiger partial charge >= 0.3 is 0 Å². The molecular weight excluding hydrogens is 819 g/mol. The van der Waals surface area contributed by atoms with Crippen LogP contribution >= 0.6 is 0 Å². The van der Waals surface area contributed by atoms with Crippen LogP contribution in [0.1, 0.15) is 0 Å². The van der Waals surface area contributed by atoms with Crippen LogP contribution < -0.4 is 5.56 Å². The fourth-order valence-corrected chi connectivity index (χ4v) is 10.1. The molecule has 6 nitrogen and oxygen atoms in total. The summed E-state index contributed by atoms with van der Waals surface area (Å²) in [5.41, 5.74) is 14.2. The Morgan fingerprint density at radius 2 is 0.836 bits per heavy atom. The Balaban J connectivity index is 1.09. The molecule has 4 heterocycles. The first-order valence-corrected chi connectivity index (χ1v) is 22.5. The van der Waals surface area contributed by atoms with Crippen LogP contribution in [0.25, 0.3) is 117 Å². The Bertz CT molecular complexity index is 4080. The molecule has 9 aromatic carbocycles. The lowest BCUT2D eigenvalue weighted by molar-refractivity contribution is 1.01. The van der Waals surface area contributed by atoms with E-state index in [1.165, 1.54) is 0 Å². The first kappa shape index (κ1) is 38.3. The Hall–Kier alpha value is -9.13. The van der Waals surface area contributed by atoms with Crippen molar-refractivity contribution in [3.63, 3.8) is 0 Å². The minimum Gasteiger partial charge on any atom is -0.308 e. The number of nitrogens with zero attached hydrogens (tertiary/aromatic N) is 5. The molecule has 0 aliphatic rings. The van der Waals surface area contributed by atoms with Crippen LogP contribution in [0.3, 0.4) is 0 Å². The third-order valence-electron chi connectivity index (χ3n) is 13.1. The van der Waals surface area contributed by atoms with Crippen LogP contribution in [0, 0.1) is 0 Å². The van der Waals surface area contributed by atoms with Crippen molar-refractivity contribution < 1.29 is 0 Å². The number of hydrogen-bond acceptors (Lipinski definition) is 3. The molecule has 6 heteroatoms. The average Bonchev–Trinajstić information content (AvgIpc) is 3.92. The van der Waals surface area contributed by atoms with Gasteiger partial charge in [0.2, 0.25) is 5.95 Å². The largest absolute Gasteiger partial charge is 0.308 e. The van der Waals surface area contributed by atoms with Crippen molar-refractivity contribution >= 4 is 54.5 Å². The molecule has 0 saturated heterocycles. The number of hydrogen-bond donors (Lipinski definition) is 0. The normalized spacial score (nSPS) is 11.6. The predicted octanol–water partition coefficient (Wildman–Crippen LogP) is 14.6. The van der Waals surface area contributed by atoms with Crippen LogP contribution in [0.4, 0.5) is 0 Å². The number of aromatic nitrogens is 5. The molecule has 0 N–H and O–H groups in total. The molecule has 314 valence electrons. The minimum atomic E-state index is -0.0830. The fourth-order valence-electron chi connectivity index (χ4n) is 10.1. The van der Waals surface area contributed by atoms with Crippen molar-refractivity contribution in [1.82, 2.24) is 23.7 Å². The second-order valence-electron chi connectivity index (χ2n) is 16.9. The van der Waals surface area contributed by atoms with E-state index >= 15 is 4.79 Å². The summed E-state index contributed by atoms with van der Waals surface area (Å²) in [5, 5.41) is 4.73. The molecule has 67 heavy (non-hydrogen) atoms. The quantitative estimate of drug-likeness (QED) is 0.160. The van der Waals surface area contributed by atoms with Gasteiger partial charge in [0.15, 0.2) is 0 Å². The second-order valence-corrected chi connectivity index (χ2v) is 16.9. The Labute approximate surface area is 385 Å². The summed E-state index contributed by atoms with van der Waals surface area (Å²) in [5.74, 6) is 0.616. The maximum Gasteiger partial charge on any atom is 0.265 e. The Kier molecular flexibility index (Phi) is 8.89. The summed E-state index contributed by atoms with van der Waals surface area (Å²) in [7, 11) is 0. The van der Waals surface area contributed by atoms with Gasteiger partial charge < -0.3 is 4.57 Å². The number of pyridine rings is 1. The van der Waals surface area contributed by atoms with E-state index in [9.17, 15) is 0 Å². The number of benzene rings is 9. The Morgan fingerprint density at radius 3 is 1.49 bits per heavy atom. The second kappa shape index (κ2) is 15.5. The summed E-state index contributed by atoms with van der Waals surface area (Å²) in [6.07, 6.45) is 0. The zero-order valence-corrected chi connectivity index (χ0v) is 36.2. The molecule has 13 rings (SSSR count). The first-order valence-electron chi connectivity index (χ1n) is 22.5. The lowest BCUT2D eigenvalue weighted by atomic mass is 9.95. The van der Waals surface area contributed by atoms with E-state index in [0.29, 0.717) is 11.3 Å². The highest BCUT2D eigenvalue weighted by molar-refractivity contribution is 6.17. The number of fused-ring (bicyclic) bond motifs is 7.